The molecule has 7 heteroatoms. The fraction of sp³-hybridized carbons (Fsp3) is 0.440. The minimum absolute atomic E-state index is 0.0476. The van der Waals surface area contributed by atoms with Crippen molar-refractivity contribution >= 4 is 17.4 Å². The largest absolute Gasteiger partial charge is 0.507 e. The molecule has 32 heavy (non-hydrogen) atoms. The molecule has 2 heterocycles. The van der Waals surface area contributed by atoms with Crippen molar-refractivity contribution in [2.75, 3.05) is 33.8 Å². The van der Waals surface area contributed by atoms with Gasteiger partial charge >= 0.3 is 0 Å². The molecule has 1 aromatic carbocycles. The third kappa shape index (κ3) is 5.40. The maximum Gasteiger partial charge on any atom is 0.295 e. The molecule has 1 aliphatic rings. The fourth-order valence-electron chi connectivity index (χ4n) is 3.82. The van der Waals surface area contributed by atoms with Crippen molar-refractivity contribution in [3.8, 4) is 5.75 Å². The first kappa shape index (κ1) is 23.6. The molecule has 0 aliphatic carbocycles. The molecule has 1 atom stereocenters. The highest BCUT2D eigenvalue weighted by Gasteiger charge is 2.47. The second kappa shape index (κ2) is 11.0. The van der Waals surface area contributed by atoms with Gasteiger partial charge in [-0.2, -0.15) is 0 Å². The summed E-state index contributed by atoms with van der Waals surface area (Å²) in [5.41, 5.74) is 0.500. The highest BCUT2D eigenvalue weighted by atomic mass is 16.5. The van der Waals surface area contributed by atoms with Crippen molar-refractivity contribution in [3.05, 3.63) is 59.6 Å². The number of nitrogens with zero attached hydrogens (tertiary/aromatic N) is 2. The average molecular weight is 441 g/mol. The van der Waals surface area contributed by atoms with Crippen molar-refractivity contribution in [1.29, 1.82) is 0 Å². The van der Waals surface area contributed by atoms with Crippen molar-refractivity contribution < 1.29 is 23.8 Å². The Kier molecular flexibility index (Phi) is 8.11. The quantitative estimate of drug-likeness (QED) is 0.244. The zero-order valence-electron chi connectivity index (χ0n) is 19.0. The van der Waals surface area contributed by atoms with E-state index in [0.717, 1.165) is 25.8 Å². The van der Waals surface area contributed by atoms with Gasteiger partial charge in [0, 0.05) is 12.1 Å². The number of aliphatic hydroxyl groups excluding tert-OH is 1. The first-order chi connectivity index (χ1) is 15.4. The van der Waals surface area contributed by atoms with Gasteiger partial charge in [0.2, 0.25) is 0 Å². The minimum atomic E-state index is -0.753. The number of ether oxygens (including phenoxy) is 1. The van der Waals surface area contributed by atoms with E-state index < -0.39 is 17.7 Å². The predicted octanol–water partition coefficient (Wildman–Crippen LogP) is 4.22. The Bertz CT molecular complexity index is 932. The van der Waals surface area contributed by atoms with Crippen LogP contribution in [0.4, 0.5) is 0 Å². The molecule has 2 aromatic rings. The molecule has 3 rings (SSSR count). The van der Waals surface area contributed by atoms with Crippen LogP contribution in [0, 0.1) is 0 Å². The van der Waals surface area contributed by atoms with Gasteiger partial charge < -0.3 is 24.1 Å². The summed E-state index contributed by atoms with van der Waals surface area (Å²) in [7, 11) is 3.91. The van der Waals surface area contributed by atoms with Crippen molar-refractivity contribution in [2.45, 2.75) is 38.6 Å². The topological polar surface area (TPSA) is 83.2 Å². The number of amides is 1. The molecular formula is C25H32N2O5. The molecule has 7 nitrogen and oxygen atoms in total. The van der Waals surface area contributed by atoms with Gasteiger partial charge in [-0.05, 0) is 69.9 Å². The first-order valence-electron chi connectivity index (χ1n) is 11.1. The van der Waals surface area contributed by atoms with Crippen LogP contribution >= 0.6 is 0 Å². The maximum atomic E-state index is 12.9. The second-order valence-corrected chi connectivity index (χ2v) is 8.24. The van der Waals surface area contributed by atoms with Crippen molar-refractivity contribution in [2.24, 2.45) is 0 Å². The van der Waals surface area contributed by atoms with E-state index in [0.29, 0.717) is 36.6 Å². The Balaban J connectivity index is 1.87. The van der Waals surface area contributed by atoms with Crippen molar-refractivity contribution in [1.82, 2.24) is 9.80 Å². The SMILES string of the molecule is CCCCCOc1ccc(/C(O)=C2/C(=O)C(=O)N(CCCN(C)C)C2c2ccco2)cc1. The summed E-state index contributed by atoms with van der Waals surface area (Å²) in [6.07, 6.45) is 5.42. The Labute approximate surface area is 189 Å². The highest BCUT2D eigenvalue weighted by Crippen LogP contribution is 2.39. The standard InChI is InChI=1S/C25H32N2O5/c1-4-5-6-16-31-19-12-10-18(11-13-19)23(28)21-22(20-9-7-17-32-20)27(25(30)24(21)29)15-8-14-26(2)3/h7,9-13,17,22,28H,4-6,8,14-16H2,1-3H3/b23-21-. The molecule has 172 valence electrons. The van der Waals surface area contributed by atoms with Crippen LogP contribution in [0.1, 0.15) is 50.0 Å². The summed E-state index contributed by atoms with van der Waals surface area (Å²) in [4.78, 5) is 29.2. The molecule has 0 radical (unpaired) electrons. The Morgan fingerprint density at radius 2 is 1.88 bits per heavy atom. The monoisotopic (exact) mass is 440 g/mol. The number of rotatable bonds is 11. The van der Waals surface area contributed by atoms with Crippen LogP contribution in [0.3, 0.4) is 0 Å². The molecule has 1 saturated heterocycles. The summed E-state index contributed by atoms with van der Waals surface area (Å²) < 4.78 is 11.3. The van der Waals surface area contributed by atoms with Crippen molar-refractivity contribution in [3.63, 3.8) is 0 Å². The smallest absolute Gasteiger partial charge is 0.295 e. The third-order valence-corrected chi connectivity index (χ3v) is 5.50. The molecule has 1 amide bonds. The Hall–Kier alpha value is -3.06. The fourth-order valence-corrected chi connectivity index (χ4v) is 3.82. The minimum Gasteiger partial charge on any atom is -0.507 e. The lowest BCUT2D eigenvalue weighted by molar-refractivity contribution is -0.140. The molecule has 0 spiro atoms. The van der Waals surface area contributed by atoms with Gasteiger partial charge in [0.25, 0.3) is 11.7 Å². The number of likely N-dealkylation sites (tertiary alicyclic amines) is 1. The van der Waals surface area contributed by atoms with Gasteiger partial charge in [-0.25, -0.2) is 0 Å². The lowest BCUT2D eigenvalue weighted by atomic mass is 9.99. The summed E-state index contributed by atoms with van der Waals surface area (Å²) in [6, 6.07) is 9.59. The van der Waals surface area contributed by atoms with E-state index in [9.17, 15) is 14.7 Å². The molecule has 1 fully saturated rings. The molecular weight excluding hydrogens is 408 g/mol. The van der Waals surface area contributed by atoms with Crippen LogP contribution in [0.15, 0.2) is 52.7 Å². The Morgan fingerprint density at radius 3 is 2.50 bits per heavy atom. The number of ketones is 1. The number of hydrogen-bond donors (Lipinski definition) is 1. The molecule has 1 N–H and O–H groups in total. The zero-order valence-corrected chi connectivity index (χ0v) is 19.0. The van der Waals surface area contributed by atoms with Crippen LogP contribution in [-0.2, 0) is 9.59 Å². The summed E-state index contributed by atoms with van der Waals surface area (Å²) in [6.45, 7) is 3.93. The van der Waals surface area contributed by atoms with E-state index in [1.165, 1.54) is 11.2 Å². The van der Waals surface area contributed by atoms with E-state index in [1.54, 1.807) is 36.4 Å². The molecule has 0 saturated carbocycles. The van der Waals surface area contributed by atoms with Crippen LogP contribution in [0.25, 0.3) is 5.76 Å². The van der Waals surface area contributed by atoms with Gasteiger partial charge in [-0.3, -0.25) is 9.59 Å². The number of aliphatic hydroxyl groups is 1. The summed E-state index contributed by atoms with van der Waals surface area (Å²) in [5.74, 6) is -0.385. The first-order valence-corrected chi connectivity index (χ1v) is 11.1. The third-order valence-electron chi connectivity index (χ3n) is 5.50. The summed E-state index contributed by atoms with van der Waals surface area (Å²) >= 11 is 0. The molecule has 1 aliphatic heterocycles. The van der Waals surface area contributed by atoms with E-state index in [2.05, 4.69) is 6.92 Å². The highest BCUT2D eigenvalue weighted by molar-refractivity contribution is 6.46. The van der Waals surface area contributed by atoms with E-state index in [-0.39, 0.29) is 11.3 Å². The van der Waals surface area contributed by atoms with Crippen LogP contribution in [0.5, 0.6) is 5.75 Å². The number of hydrogen-bond acceptors (Lipinski definition) is 6. The zero-order chi connectivity index (χ0) is 23.1. The van der Waals surface area contributed by atoms with E-state index in [4.69, 9.17) is 9.15 Å². The number of furan rings is 1. The number of Topliss-reactive ketones (excluding diaryl/α,β-unsaturated/α-hetero) is 1. The average Bonchev–Trinajstić information content (AvgIpc) is 3.39. The lowest BCUT2D eigenvalue weighted by Crippen LogP contribution is -2.32. The number of carbonyl (C=O) groups is 2. The molecule has 1 aromatic heterocycles. The number of unbranched alkanes of at least 4 members (excludes halogenated alkanes) is 2. The van der Waals surface area contributed by atoms with Gasteiger partial charge in [0.05, 0.1) is 18.4 Å². The van der Waals surface area contributed by atoms with Crippen LogP contribution in [0.2, 0.25) is 0 Å². The number of carbonyl (C=O) groups excluding carboxylic acids is 2. The molecule has 1 unspecified atom stereocenters. The van der Waals surface area contributed by atoms with Crippen LogP contribution < -0.4 is 4.74 Å². The van der Waals surface area contributed by atoms with Gasteiger partial charge in [0.1, 0.15) is 23.3 Å². The molecule has 0 bridgehead atoms. The van der Waals surface area contributed by atoms with Gasteiger partial charge in [-0.15, -0.1) is 0 Å². The van der Waals surface area contributed by atoms with Gasteiger partial charge in [-0.1, -0.05) is 19.8 Å². The summed E-state index contributed by atoms with van der Waals surface area (Å²) in [5, 5.41) is 11.0. The second-order valence-electron chi connectivity index (χ2n) is 8.24. The normalized spacial score (nSPS) is 18.0. The van der Waals surface area contributed by atoms with Gasteiger partial charge in [0.15, 0.2) is 0 Å². The van der Waals surface area contributed by atoms with E-state index in [1.807, 2.05) is 19.0 Å². The number of benzene rings is 1. The Morgan fingerprint density at radius 1 is 1.12 bits per heavy atom. The maximum absolute atomic E-state index is 12.9. The predicted molar refractivity (Wildman–Crippen MR) is 122 cm³/mol. The van der Waals surface area contributed by atoms with Crippen LogP contribution in [-0.4, -0.2) is 60.4 Å². The lowest BCUT2D eigenvalue weighted by Gasteiger charge is -2.24. The van der Waals surface area contributed by atoms with E-state index >= 15 is 0 Å².